The predicted molar refractivity (Wildman–Crippen MR) is 59.2 cm³/mol. The van der Waals surface area contributed by atoms with Crippen LogP contribution in [0.25, 0.3) is 0 Å². The summed E-state index contributed by atoms with van der Waals surface area (Å²) in [6, 6.07) is 7.49. The van der Waals surface area contributed by atoms with E-state index in [1.165, 1.54) is 6.61 Å². The maximum absolute atomic E-state index is 11.0. The lowest BCUT2D eigenvalue weighted by Crippen LogP contribution is -2.12. The fourth-order valence-corrected chi connectivity index (χ4v) is 1.33. The molecule has 1 radical (unpaired) electrons. The van der Waals surface area contributed by atoms with E-state index in [4.69, 9.17) is 0 Å². The van der Waals surface area contributed by atoms with Crippen molar-refractivity contribution in [2.24, 2.45) is 0 Å². The number of hydrogen-bond acceptors (Lipinski definition) is 2. The van der Waals surface area contributed by atoms with E-state index in [9.17, 15) is 4.79 Å². The number of ether oxygens (including phenoxy) is 1. The first-order valence-electron chi connectivity index (χ1n) is 3.74. The van der Waals surface area contributed by atoms with Crippen LogP contribution in [0.3, 0.4) is 0 Å². The van der Waals surface area contributed by atoms with Gasteiger partial charge in [-0.05, 0) is 41.6 Å². The van der Waals surface area contributed by atoms with E-state index in [1.807, 2.05) is 24.3 Å². The van der Waals surface area contributed by atoms with Gasteiger partial charge in [0.25, 0.3) is 0 Å². The lowest BCUT2D eigenvalue weighted by Gasteiger charge is -2.05. The molecule has 0 saturated carbocycles. The zero-order valence-corrected chi connectivity index (χ0v) is 9.24. The van der Waals surface area contributed by atoms with Crippen LogP contribution in [0, 0.1) is 10.2 Å². The molecule has 1 aromatic rings. The van der Waals surface area contributed by atoms with E-state index in [0.717, 1.165) is 9.26 Å². The largest absolute Gasteiger partial charge is 0.442 e. The highest BCUT2D eigenvalue weighted by molar-refractivity contribution is 14.1. The van der Waals surface area contributed by atoms with Crippen molar-refractivity contribution < 1.29 is 9.53 Å². The number of benzene rings is 1. The minimum atomic E-state index is -0.466. The summed E-state index contributed by atoms with van der Waals surface area (Å²) in [6.07, 6.45) is -0.466. The van der Waals surface area contributed by atoms with E-state index in [-0.39, 0.29) is 0 Å². The summed E-state index contributed by atoms with van der Waals surface area (Å²) in [7, 11) is 0. The Hall–Kier alpha value is -0.780. The van der Waals surface area contributed by atoms with Gasteiger partial charge in [-0.15, -0.1) is 0 Å². The number of para-hydroxylation sites is 1. The Bertz CT molecular complexity index is 301. The highest BCUT2D eigenvalue weighted by Gasteiger charge is 2.03. The molecule has 4 heteroatoms. The molecule has 1 amide bonds. The Kier molecular flexibility index (Phi) is 4.01. The molecule has 3 nitrogen and oxygen atoms in total. The first-order chi connectivity index (χ1) is 6.24. The molecule has 0 atom stereocenters. The minimum Gasteiger partial charge on any atom is -0.442 e. The number of anilines is 1. The number of hydrogen-bond donors (Lipinski definition) is 1. The second-order valence-electron chi connectivity index (χ2n) is 2.25. The van der Waals surface area contributed by atoms with E-state index in [1.54, 1.807) is 6.92 Å². The van der Waals surface area contributed by atoms with Crippen molar-refractivity contribution in [2.45, 2.75) is 6.92 Å². The fourth-order valence-electron chi connectivity index (χ4n) is 0.809. The summed E-state index contributed by atoms with van der Waals surface area (Å²) >= 11 is 2.14. The second kappa shape index (κ2) is 5.06. The average Bonchev–Trinajstić information content (AvgIpc) is 2.09. The monoisotopic (exact) mass is 290 g/mol. The molecular weight excluding hydrogens is 281 g/mol. The maximum atomic E-state index is 11.0. The highest BCUT2D eigenvalue weighted by atomic mass is 127. The number of carbonyl (C=O) groups is 1. The molecule has 0 aromatic heterocycles. The van der Waals surface area contributed by atoms with Gasteiger partial charge in [-0.25, -0.2) is 4.79 Å². The van der Waals surface area contributed by atoms with Crippen LogP contribution in [-0.4, -0.2) is 6.09 Å². The summed E-state index contributed by atoms with van der Waals surface area (Å²) in [4.78, 5) is 11.0. The third-order valence-corrected chi connectivity index (χ3v) is 2.28. The SMILES string of the molecule is C[CH]OC(=O)Nc1ccccc1I. The summed E-state index contributed by atoms with van der Waals surface area (Å²) < 4.78 is 5.60. The van der Waals surface area contributed by atoms with E-state index < -0.39 is 6.09 Å². The number of carbonyl (C=O) groups excluding carboxylic acids is 1. The molecule has 0 spiro atoms. The summed E-state index contributed by atoms with van der Waals surface area (Å²) in [6.45, 7) is 2.99. The zero-order chi connectivity index (χ0) is 9.68. The van der Waals surface area contributed by atoms with Gasteiger partial charge in [0.15, 0.2) is 0 Å². The molecular formula is C9H9INO2. The molecule has 13 heavy (non-hydrogen) atoms. The second-order valence-corrected chi connectivity index (χ2v) is 3.41. The van der Waals surface area contributed by atoms with Crippen LogP contribution in [0.1, 0.15) is 6.92 Å². The van der Waals surface area contributed by atoms with Crippen molar-refractivity contribution in [3.63, 3.8) is 0 Å². The fraction of sp³-hybridized carbons (Fsp3) is 0.111. The van der Waals surface area contributed by atoms with Crippen LogP contribution < -0.4 is 5.32 Å². The van der Waals surface area contributed by atoms with Crippen LogP contribution in [0.4, 0.5) is 10.5 Å². The standard InChI is InChI=1S/C9H9INO2/c1-2-13-9(12)11-8-6-4-3-5-7(8)10/h2-6H,1H3,(H,11,12). The molecule has 1 aromatic carbocycles. The number of nitrogens with one attached hydrogen (secondary N) is 1. The zero-order valence-electron chi connectivity index (χ0n) is 7.08. The minimum absolute atomic E-state index is 0.466. The van der Waals surface area contributed by atoms with Crippen LogP contribution in [0.5, 0.6) is 0 Å². The van der Waals surface area contributed by atoms with Crippen LogP contribution in [0.2, 0.25) is 0 Å². The first-order valence-corrected chi connectivity index (χ1v) is 4.82. The number of amides is 1. The molecule has 1 rings (SSSR count). The van der Waals surface area contributed by atoms with Crippen LogP contribution in [-0.2, 0) is 4.74 Å². The van der Waals surface area contributed by atoms with Gasteiger partial charge in [-0.3, -0.25) is 5.32 Å². The van der Waals surface area contributed by atoms with Gasteiger partial charge >= 0.3 is 6.09 Å². The van der Waals surface area contributed by atoms with Gasteiger partial charge in [0.2, 0.25) is 0 Å². The number of halogens is 1. The van der Waals surface area contributed by atoms with Crippen molar-refractivity contribution >= 4 is 34.4 Å². The normalized spacial score (nSPS) is 9.38. The summed E-state index contributed by atoms with van der Waals surface area (Å²) in [5.41, 5.74) is 0.759. The van der Waals surface area contributed by atoms with E-state index in [2.05, 4.69) is 32.6 Å². The molecule has 0 heterocycles. The van der Waals surface area contributed by atoms with Crippen molar-refractivity contribution in [3.05, 3.63) is 34.4 Å². The molecule has 0 aliphatic carbocycles. The molecule has 0 bridgehead atoms. The van der Waals surface area contributed by atoms with Crippen molar-refractivity contribution in [1.82, 2.24) is 0 Å². The Morgan fingerprint density at radius 3 is 2.85 bits per heavy atom. The molecule has 0 aliphatic heterocycles. The Morgan fingerprint density at radius 1 is 1.54 bits per heavy atom. The summed E-state index contributed by atoms with van der Waals surface area (Å²) in [5.74, 6) is 0. The van der Waals surface area contributed by atoms with E-state index in [0.29, 0.717) is 0 Å². The predicted octanol–water partition coefficient (Wildman–Crippen LogP) is 3.02. The molecule has 0 unspecified atom stereocenters. The van der Waals surface area contributed by atoms with Crippen molar-refractivity contribution in [2.75, 3.05) is 5.32 Å². The topological polar surface area (TPSA) is 38.3 Å². The first kappa shape index (κ1) is 10.3. The Labute approximate surface area is 90.6 Å². The third-order valence-electron chi connectivity index (χ3n) is 1.34. The van der Waals surface area contributed by atoms with Gasteiger partial charge in [-0.2, -0.15) is 0 Å². The van der Waals surface area contributed by atoms with Gasteiger partial charge in [0.1, 0.15) is 6.61 Å². The van der Waals surface area contributed by atoms with Crippen molar-refractivity contribution in [3.8, 4) is 0 Å². The van der Waals surface area contributed by atoms with Gasteiger partial charge in [0, 0.05) is 3.57 Å². The smallest absolute Gasteiger partial charge is 0.412 e. The Morgan fingerprint density at radius 2 is 2.23 bits per heavy atom. The van der Waals surface area contributed by atoms with Crippen molar-refractivity contribution in [1.29, 1.82) is 0 Å². The highest BCUT2D eigenvalue weighted by Crippen LogP contribution is 2.16. The van der Waals surface area contributed by atoms with Gasteiger partial charge in [0.05, 0.1) is 5.69 Å². The summed E-state index contributed by atoms with van der Waals surface area (Å²) in [5, 5.41) is 2.61. The quantitative estimate of drug-likeness (QED) is 0.850. The molecule has 69 valence electrons. The Balaban J connectivity index is 2.63. The van der Waals surface area contributed by atoms with E-state index >= 15 is 0 Å². The lowest BCUT2D eigenvalue weighted by molar-refractivity contribution is 0.189. The number of rotatable bonds is 2. The average molecular weight is 290 g/mol. The van der Waals surface area contributed by atoms with Gasteiger partial charge < -0.3 is 4.74 Å². The third kappa shape index (κ3) is 3.22. The van der Waals surface area contributed by atoms with Crippen LogP contribution in [0.15, 0.2) is 24.3 Å². The molecule has 0 saturated heterocycles. The van der Waals surface area contributed by atoms with Crippen LogP contribution >= 0.6 is 22.6 Å². The molecule has 0 fully saturated rings. The lowest BCUT2D eigenvalue weighted by atomic mass is 10.3. The maximum Gasteiger partial charge on any atom is 0.412 e. The van der Waals surface area contributed by atoms with Gasteiger partial charge in [-0.1, -0.05) is 12.1 Å². The molecule has 1 N–H and O–H groups in total. The molecule has 0 aliphatic rings.